The van der Waals surface area contributed by atoms with Crippen LogP contribution >= 0.6 is 23.4 Å². The van der Waals surface area contributed by atoms with Crippen molar-refractivity contribution >= 4 is 46.7 Å². The highest BCUT2D eigenvalue weighted by molar-refractivity contribution is 8.07. The molecular weight excluding hydrogens is 595 g/mol. The van der Waals surface area contributed by atoms with Gasteiger partial charge in [0.25, 0.3) is 0 Å². The second-order valence-corrected chi connectivity index (χ2v) is 11.6. The van der Waals surface area contributed by atoms with Gasteiger partial charge in [-0.2, -0.15) is 18.3 Å². The molecule has 0 saturated carbocycles. The molecule has 0 saturated heterocycles. The first-order valence-electron chi connectivity index (χ1n) is 13.4. The van der Waals surface area contributed by atoms with E-state index in [1.165, 1.54) is 30.0 Å². The van der Waals surface area contributed by atoms with E-state index in [9.17, 15) is 22.8 Å². The zero-order valence-corrected chi connectivity index (χ0v) is 25.1. The molecule has 10 heteroatoms. The topological polar surface area (TPSA) is 64.3 Å². The van der Waals surface area contributed by atoms with Crippen LogP contribution in [0.3, 0.4) is 0 Å². The van der Waals surface area contributed by atoms with Gasteiger partial charge in [-0.05, 0) is 71.8 Å². The van der Waals surface area contributed by atoms with Crippen LogP contribution in [-0.4, -0.2) is 33.7 Å². The summed E-state index contributed by atoms with van der Waals surface area (Å²) in [7, 11) is 1.81. The Balaban J connectivity index is 1.36. The van der Waals surface area contributed by atoms with Gasteiger partial charge in [0, 0.05) is 30.9 Å². The Morgan fingerprint density at radius 3 is 2.70 bits per heavy atom. The number of hydrogen-bond acceptors (Lipinski definition) is 5. The van der Waals surface area contributed by atoms with E-state index < -0.39 is 11.7 Å². The van der Waals surface area contributed by atoms with Crippen molar-refractivity contribution in [2.24, 2.45) is 18.0 Å². The number of aromatic nitrogens is 2. The number of nitrogens with zero attached hydrogens (tertiary/aromatic N) is 3. The first-order valence-corrected chi connectivity index (χ1v) is 14.6. The zero-order chi connectivity index (χ0) is 31.1. The van der Waals surface area contributed by atoms with E-state index in [0.717, 1.165) is 22.1 Å². The first-order chi connectivity index (χ1) is 20.4. The molecule has 0 fully saturated rings. The van der Waals surface area contributed by atoms with Crippen LogP contribution in [0.25, 0.3) is 5.57 Å². The number of hydrogen-bond donors (Lipinski definition) is 0. The number of halogens is 4. The maximum Gasteiger partial charge on any atom is 0.417 e. The lowest BCUT2D eigenvalue weighted by Crippen LogP contribution is -2.11. The second kappa shape index (κ2) is 14.0. The van der Waals surface area contributed by atoms with E-state index in [1.807, 2.05) is 38.4 Å². The maximum absolute atomic E-state index is 13.3. The fourth-order valence-electron chi connectivity index (χ4n) is 4.32. The SMILES string of the molecule is C=C1C=NC(C(=O)/C=C/[C@H](C)C2=CCC=C(C(=O)/C=C/CC3=CC(C(F)(F)F)=C(Cl)C=CC3)S2)=CC(c2cnn(C)c2)=C1. The number of carbonyl (C=O) groups excluding carboxylic acids is 2. The average Bonchev–Trinajstić information content (AvgIpc) is 3.17. The predicted octanol–water partition coefficient (Wildman–Crippen LogP) is 8.45. The summed E-state index contributed by atoms with van der Waals surface area (Å²) in [4.78, 5) is 31.6. The largest absolute Gasteiger partial charge is 0.417 e. The Hall–Kier alpha value is -3.95. The zero-order valence-electron chi connectivity index (χ0n) is 23.6. The Morgan fingerprint density at radius 2 is 1.98 bits per heavy atom. The highest BCUT2D eigenvalue weighted by atomic mass is 35.5. The highest BCUT2D eigenvalue weighted by Crippen LogP contribution is 2.37. The number of aryl methyl sites for hydroxylation is 1. The number of allylic oxidation sites excluding steroid dienone is 18. The lowest BCUT2D eigenvalue weighted by atomic mass is 10.0. The minimum absolute atomic E-state index is 0.145. The Morgan fingerprint density at radius 1 is 1.19 bits per heavy atom. The third kappa shape index (κ3) is 8.78. The van der Waals surface area contributed by atoms with Gasteiger partial charge in [-0.3, -0.25) is 19.3 Å². The molecule has 5 nitrogen and oxygen atoms in total. The Labute approximate surface area is 257 Å². The summed E-state index contributed by atoms with van der Waals surface area (Å²) in [5.74, 6) is -0.644. The molecule has 3 aliphatic rings. The highest BCUT2D eigenvalue weighted by Gasteiger charge is 2.34. The van der Waals surface area contributed by atoms with Crippen LogP contribution in [0.15, 0.2) is 128 Å². The molecule has 0 spiro atoms. The summed E-state index contributed by atoms with van der Waals surface area (Å²) in [5, 5.41) is 3.83. The van der Waals surface area contributed by atoms with Gasteiger partial charge in [-0.15, -0.1) is 0 Å². The number of carbonyl (C=O) groups is 2. The van der Waals surface area contributed by atoms with Crippen LogP contribution in [0.1, 0.15) is 31.7 Å². The van der Waals surface area contributed by atoms with Crippen molar-refractivity contribution in [1.29, 1.82) is 0 Å². The maximum atomic E-state index is 13.3. The number of ketones is 2. The molecule has 0 N–H and O–H groups in total. The van der Waals surface area contributed by atoms with Gasteiger partial charge in [0.1, 0.15) is 5.70 Å². The van der Waals surface area contributed by atoms with E-state index in [2.05, 4.69) is 16.7 Å². The molecule has 0 radical (unpaired) electrons. The van der Waals surface area contributed by atoms with E-state index in [0.29, 0.717) is 28.9 Å². The molecule has 0 amide bonds. The van der Waals surface area contributed by atoms with Gasteiger partial charge in [-0.1, -0.05) is 72.8 Å². The Bertz CT molecular complexity index is 1640. The number of alkyl halides is 3. The van der Waals surface area contributed by atoms with Crippen molar-refractivity contribution in [3.8, 4) is 0 Å². The van der Waals surface area contributed by atoms with Crippen molar-refractivity contribution in [2.45, 2.75) is 32.4 Å². The van der Waals surface area contributed by atoms with Gasteiger partial charge < -0.3 is 0 Å². The van der Waals surface area contributed by atoms with Gasteiger partial charge in [0.15, 0.2) is 5.78 Å². The normalized spacial score (nSPS) is 18.7. The van der Waals surface area contributed by atoms with Crippen LogP contribution in [0.2, 0.25) is 0 Å². The Kier molecular flexibility index (Phi) is 10.4. The van der Waals surface area contributed by atoms with Crippen LogP contribution in [0, 0.1) is 5.92 Å². The summed E-state index contributed by atoms with van der Waals surface area (Å²) >= 11 is 7.10. The number of aliphatic imine (C=N–C) groups is 1. The molecule has 4 rings (SSSR count). The molecule has 1 aromatic heterocycles. The first kappa shape index (κ1) is 32.0. The molecule has 222 valence electrons. The lowest BCUT2D eigenvalue weighted by molar-refractivity contribution is -0.111. The summed E-state index contributed by atoms with van der Waals surface area (Å²) in [6, 6.07) is 0. The monoisotopic (exact) mass is 623 g/mol. The van der Waals surface area contributed by atoms with Crippen molar-refractivity contribution in [3.63, 3.8) is 0 Å². The molecule has 1 aliphatic carbocycles. The van der Waals surface area contributed by atoms with E-state index in [-0.39, 0.29) is 34.6 Å². The minimum Gasteiger partial charge on any atom is -0.289 e. The molecule has 0 bridgehead atoms. The van der Waals surface area contributed by atoms with Crippen LogP contribution in [0.5, 0.6) is 0 Å². The molecule has 2 aliphatic heterocycles. The average molecular weight is 624 g/mol. The smallest absolute Gasteiger partial charge is 0.289 e. The van der Waals surface area contributed by atoms with E-state index >= 15 is 0 Å². The molecular formula is C33H29ClF3N3O2S. The molecule has 1 atom stereocenters. The number of rotatable bonds is 9. The fourth-order valence-corrected chi connectivity index (χ4v) is 5.61. The van der Waals surface area contributed by atoms with E-state index in [4.69, 9.17) is 11.6 Å². The summed E-state index contributed by atoms with van der Waals surface area (Å²) < 4.78 is 41.6. The van der Waals surface area contributed by atoms with Crippen LogP contribution in [0.4, 0.5) is 13.2 Å². The third-order valence-electron chi connectivity index (χ3n) is 6.58. The molecule has 0 aromatic carbocycles. The van der Waals surface area contributed by atoms with Crippen LogP contribution < -0.4 is 0 Å². The molecule has 3 heterocycles. The van der Waals surface area contributed by atoms with Crippen molar-refractivity contribution in [3.05, 3.63) is 129 Å². The van der Waals surface area contributed by atoms with Gasteiger partial charge in [-0.25, -0.2) is 0 Å². The summed E-state index contributed by atoms with van der Waals surface area (Å²) in [5.41, 5.74) is 2.15. The fraction of sp³-hybridized carbons (Fsp3) is 0.212. The third-order valence-corrected chi connectivity index (χ3v) is 8.27. The predicted molar refractivity (Wildman–Crippen MR) is 168 cm³/mol. The van der Waals surface area contributed by atoms with Gasteiger partial charge >= 0.3 is 6.18 Å². The van der Waals surface area contributed by atoms with Crippen LogP contribution in [-0.2, 0) is 16.6 Å². The van der Waals surface area contributed by atoms with E-state index in [1.54, 1.807) is 41.4 Å². The quantitative estimate of drug-likeness (QED) is 0.259. The van der Waals surface area contributed by atoms with Gasteiger partial charge in [0.2, 0.25) is 5.78 Å². The molecule has 43 heavy (non-hydrogen) atoms. The number of thioether (sulfide) groups is 1. The second-order valence-electron chi connectivity index (χ2n) is 10.0. The van der Waals surface area contributed by atoms with Crippen molar-refractivity contribution in [2.75, 3.05) is 0 Å². The van der Waals surface area contributed by atoms with Gasteiger partial charge in [0.05, 0.1) is 21.7 Å². The minimum atomic E-state index is -4.56. The van der Waals surface area contributed by atoms with Crippen molar-refractivity contribution < 1.29 is 22.8 Å². The summed E-state index contributed by atoms with van der Waals surface area (Å²) in [6.07, 6.45) is 19.0. The molecule has 0 unspecified atom stereocenters. The van der Waals surface area contributed by atoms with Crippen molar-refractivity contribution in [1.82, 2.24) is 9.78 Å². The standard InChI is InChI=1S/C33H29ClF3N3O2S/c1-21-15-24(25-19-39-40(3)20-25)17-28(38-18-21)29(41)14-13-22(2)31-11-6-12-32(43-31)30(42)10-5-8-23-7-4-9-27(34)26(16-23)33(35,36)37/h4-5,9-20,22H,1,6-8H2,2-3H3/b10-5+,14-13+/t22-/m0/s1. The summed E-state index contributed by atoms with van der Waals surface area (Å²) in [6.45, 7) is 5.88. The lowest BCUT2D eigenvalue weighted by Gasteiger charge is -2.16. The molecule has 1 aromatic rings.